The first-order valence-corrected chi connectivity index (χ1v) is 8.70. The lowest BCUT2D eigenvalue weighted by Gasteiger charge is -2.24. The number of esters is 1. The Labute approximate surface area is 166 Å². The van der Waals surface area contributed by atoms with E-state index in [1.54, 1.807) is 18.2 Å². The highest BCUT2D eigenvalue weighted by atomic mass is 16.7. The maximum Gasteiger partial charge on any atom is 0.337 e. The molecule has 1 atom stereocenters. The van der Waals surface area contributed by atoms with Crippen LogP contribution in [-0.4, -0.2) is 43.3 Å². The van der Waals surface area contributed by atoms with Crippen LogP contribution in [0.25, 0.3) is 0 Å². The number of rotatable bonds is 5. The molecule has 3 rings (SSSR count). The molecule has 0 spiro atoms. The maximum absolute atomic E-state index is 12.1. The standard InChI is InChI=1S/C20H20N2O7/c1-20(26,13-5-8-15-16(9-13)29-11-28-15)10-21-17(23)18(24)22-14-6-3-12(4-7-14)19(25)27-2/h3-9,26H,10-11H2,1-2H3,(H,21,23)(H,22,24)/t20-/m0/s1. The normalized spacial score (nSPS) is 13.9. The van der Waals surface area contributed by atoms with Crippen molar-refractivity contribution in [2.75, 3.05) is 25.8 Å². The summed E-state index contributed by atoms with van der Waals surface area (Å²) in [4.78, 5) is 35.5. The number of hydrogen-bond acceptors (Lipinski definition) is 7. The number of methoxy groups -OCH3 is 1. The van der Waals surface area contributed by atoms with Crippen molar-refractivity contribution in [2.45, 2.75) is 12.5 Å². The molecular formula is C20H20N2O7. The van der Waals surface area contributed by atoms with Crippen molar-refractivity contribution in [2.24, 2.45) is 0 Å². The van der Waals surface area contributed by atoms with Crippen LogP contribution in [0.3, 0.4) is 0 Å². The molecule has 0 unspecified atom stereocenters. The van der Waals surface area contributed by atoms with Crippen LogP contribution in [0.1, 0.15) is 22.8 Å². The minimum absolute atomic E-state index is 0.110. The smallest absolute Gasteiger partial charge is 0.337 e. The van der Waals surface area contributed by atoms with Gasteiger partial charge in [0.05, 0.1) is 19.2 Å². The molecule has 152 valence electrons. The summed E-state index contributed by atoms with van der Waals surface area (Å²) in [6.07, 6.45) is 0. The third-order valence-corrected chi connectivity index (χ3v) is 4.36. The third-order valence-electron chi connectivity index (χ3n) is 4.36. The first kappa shape index (κ1) is 20.2. The van der Waals surface area contributed by atoms with Gasteiger partial charge in [-0.25, -0.2) is 4.79 Å². The fourth-order valence-corrected chi connectivity index (χ4v) is 2.66. The molecule has 0 saturated heterocycles. The van der Waals surface area contributed by atoms with Crippen molar-refractivity contribution in [1.82, 2.24) is 5.32 Å². The van der Waals surface area contributed by atoms with Gasteiger partial charge in [0.15, 0.2) is 11.5 Å². The Kier molecular flexibility index (Phi) is 5.69. The van der Waals surface area contributed by atoms with E-state index in [1.807, 2.05) is 0 Å². The van der Waals surface area contributed by atoms with Crippen molar-refractivity contribution < 1.29 is 33.7 Å². The predicted octanol–water partition coefficient (Wildman–Crippen LogP) is 1.16. The first-order chi connectivity index (χ1) is 13.8. The van der Waals surface area contributed by atoms with Gasteiger partial charge in [0.25, 0.3) is 0 Å². The van der Waals surface area contributed by atoms with E-state index in [4.69, 9.17) is 9.47 Å². The SMILES string of the molecule is COC(=O)c1ccc(NC(=O)C(=O)NC[C@](C)(O)c2ccc3c(c2)OCO3)cc1. The summed E-state index contributed by atoms with van der Waals surface area (Å²) in [6.45, 7) is 1.42. The summed E-state index contributed by atoms with van der Waals surface area (Å²) in [5, 5.41) is 15.5. The van der Waals surface area contributed by atoms with Crippen LogP contribution < -0.4 is 20.1 Å². The first-order valence-electron chi connectivity index (χ1n) is 8.70. The van der Waals surface area contributed by atoms with Crippen molar-refractivity contribution in [3.8, 4) is 11.5 Å². The van der Waals surface area contributed by atoms with Gasteiger partial charge in [0.2, 0.25) is 6.79 Å². The van der Waals surface area contributed by atoms with Gasteiger partial charge in [-0.3, -0.25) is 9.59 Å². The van der Waals surface area contributed by atoms with Gasteiger partial charge in [-0.1, -0.05) is 6.07 Å². The Bertz CT molecular complexity index is 938. The van der Waals surface area contributed by atoms with Gasteiger partial charge in [-0.2, -0.15) is 0 Å². The van der Waals surface area contributed by atoms with E-state index in [0.717, 1.165) is 0 Å². The van der Waals surface area contributed by atoms with Crippen molar-refractivity contribution in [1.29, 1.82) is 0 Å². The van der Waals surface area contributed by atoms with Crippen molar-refractivity contribution in [3.05, 3.63) is 53.6 Å². The second-order valence-corrected chi connectivity index (χ2v) is 6.55. The molecule has 3 N–H and O–H groups in total. The second kappa shape index (κ2) is 8.19. The number of fused-ring (bicyclic) bond motifs is 1. The monoisotopic (exact) mass is 400 g/mol. The average Bonchev–Trinajstić information content (AvgIpc) is 3.20. The van der Waals surface area contributed by atoms with E-state index in [-0.39, 0.29) is 13.3 Å². The third kappa shape index (κ3) is 4.64. The van der Waals surface area contributed by atoms with Gasteiger partial charge < -0.3 is 30.0 Å². The Hall–Kier alpha value is -3.59. The zero-order valence-corrected chi connectivity index (χ0v) is 15.9. The van der Waals surface area contributed by atoms with Crippen LogP contribution in [0.4, 0.5) is 5.69 Å². The zero-order chi connectivity index (χ0) is 21.0. The van der Waals surface area contributed by atoms with E-state index in [1.165, 1.54) is 38.3 Å². The van der Waals surface area contributed by atoms with E-state index < -0.39 is 23.4 Å². The van der Waals surface area contributed by atoms with Crippen LogP contribution in [0.2, 0.25) is 0 Å². The molecule has 9 nitrogen and oxygen atoms in total. The highest BCUT2D eigenvalue weighted by Gasteiger charge is 2.27. The van der Waals surface area contributed by atoms with Gasteiger partial charge in [-0.15, -0.1) is 0 Å². The summed E-state index contributed by atoms with van der Waals surface area (Å²) < 4.78 is 15.1. The zero-order valence-electron chi connectivity index (χ0n) is 15.9. The fraction of sp³-hybridized carbons (Fsp3) is 0.250. The molecule has 0 aromatic heterocycles. The van der Waals surface area contributed by atoms with Gasteiger partial charge in [0.1, 0.15) is 5.60 Å². The number of ether oxygens (including phenoxy) is 3. The average molecular weight is 400 g/mol. The molecule has 2 aromatic carbocycles. The molecule has 29 heavy (non-hydrogen) atoms. The van der Waals surface area contributed by atoms with E-state index in [2.05, 4.69) is 15.4 Å². The summed E-state index contributed by atoms with van der Waals surface area (Å²) in [5.74, 6) is -1.25. The number of carbonyl (C=O) groups excluding carboxylic acids is 3. The molecule has 0 saturated carbocycles. The Balaban J connectivity index is 1.56. The van der Waals surface area contributed by atoms with Crippen LogP contribution in [-0.2, 0) is 19.9 Å². The number of benzene rings is 2. The molecule has 0 aliphatic carbocycles. The summed E-state index contributed by atoms with van der Waals surface area (Å²) in [7, 11) is 1.26. The summed E-state index contributed by atoms with van der Waals surface area (Å²) in [5.41, 5.74) is -0.282. The minimum atomic E-state index is -1.43. The molecular weight excluding hydrogens is 380 g/mol. The molecule has 0 radical (unpaired) electrons. The fourth-order valence-electron chi connectivity index (χ4n) is 2.66. The Morgan fingerprint density at radius 3 is 2.45 bits per heavy atom. The predicted molar refractivity (Wildman–Crippen MR) is 102 cm³/mol. The molecule has 1 aliphatic heterocycles. The number of carbonyl (C=O) groups is 3. The highest BCUT2D eigenvalue weighted by molar-refractivity contribution is 6.39. The maximum atomic E-state index is 12.1. The molecule has 2 amide bonds. The van der Waals surface area contributed by atoms with Crippen molar-refractivity contribution >= 4 is 23.5 Å². The van der Waals surface area contributed by atoms with Crippen LogP contribution in [0, 0.1) is 0 Å². The number of amides is 2. The Morgan fingerprint density at radius 1 is 1.07 bits per heavy atom. The molecule has 1 aliphatic rings. The molecule has 9 heteroatoms. The molecule has 1 heterocycles. The van der Waals surface area contributed by atoms with Gasteiger partial charge in [0, 0.05) is 5.69 Å². The summed E-state index contributed by atoms with van der Waals surface area (Å²) >= 11 is 0. The lowest BCUT2D eigenvalue weighted by molar-refractivity contribution is -0.136. The van der Waals surface area contributed by atoms with Crippen molar-refractivity contribution in [3.63, 3.8) is 0 Å². The Morgan fingerprint density at radius 2 is 1.76 bits per heavy atom. The van der Waals surface area contributed by atoms with Crippen LogP contribution in [0.15, 0.2) is 42.5 Å². The van der Waals surface area contributed by atoms with Crippen LogP contribution >= 0.6 is 0 Å². The molecule has 0 bridgehead atoms. The minimum Gasteiger partial charge on any atom is -0.465 e. The topological polar surface area (TPSA) is 123 Å². The number of anilines is 1. The molecule has 2 aromatic rings. The number of aliphatic hydroxyl groups is 1. The van der Waals surface area contributed by atoms with E-state index >= 15 is 0 Å². The number of hydrogen-bond donors (Lipinski definition) is 3. The van der Waals surface area contributed by atoms with Gasteiger partial charge in [-0.05, 0) is 48.9 Å². The van der Waals surface area contributed by atoms with E-state index in [0.29, 0.717) is 28.3 Å². The van der Waals surface area contributed by atoms with Crippen LogP contribution in [0.5, 0.6) is 11.5 Å². The molecule has 0 fully saturated rings. The largest absolute Gasteiger partial charge is 0.465 e. The van der Waals surface area contributed by atoms with Gasteiger partial charge >= 0.3 is 17.8 Å². The van der Waals surface area contributed by atoms with E-state index in [9.17, 15) is 19.5 Å². The second-order valence-electron chi connectivity index (χ2n) is 6.55. The summed E-state index contributed by atoms with van der Waals surface area (Å²) in [6, 6.07) is 10.8. The highest BCUT2D eigenvalue weighted by Crippen LogP contribution is 2.35. The number of nitrogens with one attached hydrogen (secondary N) is 2. The lowest BCUT2D eigenvalue weighted by atomic mass is 9.95. The quantitative estimate of drug-likeness (QED) is 0.508. The lowest BCUT2D eigenvalue weighted by Crippen LogP contribution is -2.43.